The molecule has 2 heteroatoms. The van der Waals surface area contributed by atoms with E-state index < -0.39 is 0 Å². The van der Waals surface area contributed by atoms with Crippen LogP contribution in [0.25, 0.3) is 0 Å². The quantitative estimate of drug-likeness (QED) is 0.659. The van der Waals surface area contributed by atoms with Crippen molar-refractivity contribution >= 4 is 5.91 Å². The maximum atomic E-state index is 10.9. The Balaban J connectivity index is 1.87. The van der Waals surface area contributed by atoms with Gasteiger partial charge in [0.05, 0.1) is 0 Å². The van der Waals surface area contributed by atoms with E-state index in [1.807, 2.05) is 0 Å². The number of amides is 1. The lowest BCUT2D eigenvalue weighted by atomic mass is 9.82. The first-order chi connectivity index (χ1) is 6.25. The van der Waals surface area contributed by atoms with Crippen LogP contribution in [-0.4, -0.2) is 11.9 Å². The summed E-state index contributed by atoms with van der Waals surface area (Å²) < 4.78 is 0. The molecule has 1 amide bonds. The molecule has 2 aliphatic rings. The van der Waals surface area contributed by atoms with Crippen molar-refractivity contribution in [3.8, 4) is 0 Å². The highest BCUT2D eigenvalue weighted by Gasteiger charge is 2.35. The Hall–Kier alpha value is -0.530. The molecule has 13 heavy (non-hydrogen) atoms. The second-order valence-electron chi connectivity index (χ2n) is 4.67. The van der Waals surface area contributed by atoms with Crippen molar-refractivity contribution in [1.29, 1.82) is 0 Å². The third kappa shape index (κ3) is 2.04. The molecule has 0 aromatic carbocycles. The summed E-state index contributed by atoms with van der Waals surface area (Å²) in [6.45, 7) is 1.63. The first-order valence-electron chi connectivity index (χ1n) is 5.53. The van der Waals surface area contributed by atoms with E-state index in [0.717, 1.165) is 11.8 Å². The van der Waals surface area contributed by atoms with Gasteiger partial charge in [-0.2, -0.15) is 0 Å². The fourth-order valence-electron chi connectivity index (χ4n) is 3.14. The molecule has 0 aromatic heterocycles. The van der Waals surface area contributed by atoms with Crippen molar-refractivity contribution in [2.45, 2.75) is 51.5 Å². The molecule has 0 aromatic rings. The molecule has 0 aliphatic heterocycles. The van der Waals surface area contributed by atoms with Gasteiger partial charge in [-0.1, -0.05) is 25.7 Å². The van der Waals surface area contributed by atoms with E-state index in [2.05, 4.69) is 5.32 Å². The summed E-state index contributed by atoms with van der Waals surface area (Å²) in [6, 6.07) is 0.491. The normalized spacial score (nSPS) is 38.4. The number of nitrogens with one attached hydrogen (secondary N) is 1. The molecule has 2 saturated carbocycles. The summed E-state index contributed by atoms with van der Waals surface area (Å²) in [5.74, 6) is 1.99. The third-order valence-corrected chi connectivity index (χ3v) is 3.65. The molecule has 0 radical (unpaired) electrons. The smallest absolute Gasteiger partial charge is 0.217 e. The highest BCUT2D eigenvalue weighted by Crippen LogP contribution is 2.42. The Labute approximate surface area is 80.1 Å². The van der Waals surface area contributed by atoms with Crippen LogP contribution in [0.4, 0.5) is 0 Å². The molecule has 0 bridgehead atoms. The Morgan fingerprint density at radius 1 is 1.15 bits per heavy atom. The maximum absolute atomic E-state index is 10.9. The monoisotopic (exact) mass is 181 g/mol. The van der Waals surface area contributed by atoms with E-state index in [0.29, 0.717) is 6.04 Å². The molecule has 2 nitrogen and oxygen atoms in total. The summed E-state index contributed by atoms with van der Waals surface area (Å²) in [6.07, 6.45) is 8.11. The molecule has 74 valence electrons. The standard InChI is InChI=1S/C11H19NO/c1-8(13)12-11-6-9-4-2-3-5-10(9)7-11/h9-11H,2-7H2,1H3,(H,12,13). The second-order valence-corrected chi connectivity index (χ2v) is 4.67. The molecule has 2 fully saturated rings. The van der Waals surface area contributed by atoms with Crippen molar-refractivity contribution in [2.24, 2.45) is 11.8 Å². The van der Waals surface area contributed by atoms with E-state index in [1.54, 1.807) is 6.92 Å². The second kappa shape index (κ2) is 3.69. The van der Waals surface area contributed by atoms with Crippen LogP contribution >= 0.6 is 0 Å². The van der Waals surface area contributed by atoms with E-state index in [9.17, 15) is 4.79 Å². The molecule has 2 unspecified atom stereocenters. The van der Waals surface area contributed by atoms with Gasteiger partial charge < -0.3 is 5.32 Å². The van der Waals surface area contributed by atoms with Gasteiger partial charge in [-0.15, -0.1) is 0 Å². The van der Waals surface area contributed by atoms with Crippen LogP contribution in [0.2, 0.25) is 0 Å². The van der Waals surface area contributed by atoms with Crippen LogP contribution in [-0.2, 0) is 4.79 Å². The molecular formula is C11H19NO. The van der Waals surface area contributed by atoms with Gasteiger partial charge in [0.25, 0.3) is 0 Å². The lowest BCUT2D eigenvalue weighted by Crippen LogP contribution is -2.30. The van der Waals surface area contributed by atoms with E-state index in [1.165, 1.54) is 38.5 Å². The zero-order chi connectivity index (χ0) is 9.26. The molecule has 1 N–H and O–H groups in total. The number of carbonyl (C=O) groups excluding carboxylic acids is 1. The lowest BCUT2D eigenvalue weighted by molar-refractivity contribution is -0.119. The van der Waals surface area contributed by atoms with E-state index in [4.69, 9.17) is 0 Å². The molecule has 0 heterocycles. The average molecular weight is 181 g/mol. The van der Waals surface area contributed by atoms with Gasteiger partial charge in [0.1, 0.15) is 0 Å². The van der Waals surface area contributed by atoms with Crippen LogP contribution in [0.3, 0.4) is 0 Å². The SMILES string of the molecule is CC(=O)NC1CC2CCCCC2C1. The summed E-state index contributed by atoms with van der Waals surface area (Å²) >= 11 is 0. The largest absolute Gasteiger partial charge is 0.354 e. The van der Waals surface area contributed by atoms with Crippen LogP contribution in [0.1, 0.15) is 45.4 Å². The van der Waals surface area contributed by atoms with Crippen molar-refractivity contribution in [3.05, 3.63) is 0 Å². The highest BCUT2D eigenvalue weighted by atomic mass is 16.1. The molecule has 2 atom stereocenters. The number of fused-ring (bicyclic) bond motifs is 1. The van der Waals surface area contributed by atoms with Crippen molar-refractivity contribution < 1.29 is 4.79 Å². The van der Waals surface area contributed by atoms with Crippen LogP contribution in [0, 0.1) is 11.8 Å². The number of rotatable bonds is 1. The first kappa shape index (κ1) is 9.04. The minimum atomic E-state index is 0.142. The topological polar surface area (TPSA) is 29.1 Å². The Morgan fingerprint density at radius 2 is 1.69 bits per heavy atom. The summed E-state index contributed by atoms with van der Waals surface area (Å²) in [4.78, 5) is 10.9. The molecular weight excluding hydrogens is 162 g/mol. The van der Waals surface area contributed by atoms with Crippen LogP contribution in [0.5, 0.6) is 0 Å². The Bertz CT molecular complexity index is 188. The van der Waals surface area contributed by atoms with Gasteiger partial charge in [0, 0.05) is 13.0 Å². The molecule has 0 spiro atoms. The summed E-state index contributed by atoms with van der Waals surface area (Å²) in [7, 11) is 0. The molecule has 2 rings (SSSR count). The third-order valence-electron chi connectivity index (χ3n) is 3.65. The van der Waals surface area contributed by atoms with Gasteiger partial charge in [-0.25, -0.2) is 0 Å². The predicted octanol–water partition coefficient (Wildman–Crippen LogP) is 2.09. The zero-order valence-corrected chi connectivity index (χ0v) is 8.38. The minimum Gasteiger partial charge on any atom is -0.354 e. The van der Waals surface area contributed by atoms with Crippen LogP contribution < -0.4 is 5.32 Å². The van der Waals surface area contributed by atoms with E-state index in [-0.39, 0.29) is 5.91 Å². The number of hydrogen-bond donors (Lipinski definition) is 1. The van der Waals surface area contributed by atoms with Gasteiger partial charge in [-0.3, -0.25) is 4.79 Å². The molecule has 0 saturated heterocycles. The van der Waals surface area contributed by atoms with Crippen molar-refractivity contribution in [2.75, 3.05) is 0 Å². The fraction of sp³-hybridized carbons (Fsp3) is 0.909. The fourth-order valence-corrected chi connectivity index (χ4v) is 3.14. The zero-order valence-electron chi connectivity index (χ0n) is 8.38. The number of hydrogen-bond acceptors (Lipinski definition) is 1. The van der Waals surface area contributed by atoms with Gasteiger partial charge in [0.2, 0.25) is 5.91 Å². The lowest BCUT2D eigenvalue weighted by Gasteiger charge is -2.23. The van der Waals surface area contributed by atoms with E-state index >= 15 is 0 Å². The predicted molar refractivity (Wildman–Crippen MR) is 52.3 cm³/mol. The first-order valence-corrected chi connectivity index (χ1v) is 5.53. The molecule has 2 aliphatic carbocycles. The maximum Gasteiger partial charge on any atom is 0.217 e. The summed E-state index contributed by atoms with van der Waals surface area (Å²) in [5.41, 5.74) is 0. The summed E-state index contributed by atoms with van der Waals surface area (Å²) in [5, 5.41) is 3.06. The average Bonchev–Trinajstić information content (AvgIpc) is 2.44. The Kier molecular flexibility index (Phi) is 2.56. The van der Waals surface area contributed by atoms with Gasteiger partial charge in [0.15, 0.2) is 0 Å². The number of carbonyl (C=O) groups is 1. The van der Waals surface area contributed by atoms with Crippen LogP contribution in [0.15, 0.2) is 0 Å². The van der Waals surface area contributed by atoms with Gasteiger partial charge in [-0.05, 0) is 24.7 Å². The van der Waals surface area contributed by atoms with Crippen molar-refractivity contribution in [1.82, 2.24) is 5.32 Å². The Morgan fingerprint density at radius 3 is 2.15 bits per heavy atom. The highest BCUT2D eigenvalue weighted by molar-refractivity contribution is 5.73. The van der Waals surface area contributed by atoms with Gasteiger partial charge >= 0.3 is 0 Å². The minimum absolute atomic E-state index is 0.142. The van der Waals surface area contributed by atoms with Crippen molar-refractivity contribution in [3.63, 3.8) is 0 Å².